The molecule has 10 rings (SSSR count). The summed E-state index contributed by atoms with van der Waals surface area (Å²) in [6.07, 6.45) is 0. The molecule has 0 saturated heterocycles. The molecule has 10 aromatic rings. The van der Waals surface area contributed by atoms with Crippen molar-refractivity contribution >= 4 is 0 Å². The Morgan fingerprint density at radius 1 is 0.183 bits per heavy atom. The van der Waals surface area contributed by atoms with Gasteiger partial charge < -0.3 is 0 Å². The number of rotatable bonds is 9. The van der Waals surface area contributed by atoms with Crippen LogP contribution in [0.25, 0.3) is 101 Å². The van der Waals surface area contributed by atoms with E-state index in [0.717, 1.165) is 67.0 Å². The lowest BCUT2D eigenvalue weighted by atomic mass is 9.94. The maximum atomic E-state index is 5.13. The summed E-state index contributed by atoms with van der Waals surface area (Å²) in [5.41, 5.74) is 14.2. The van der Waals surface area contributed by atoms with E-state index >= 15 is 0 Å². The van der Waals surface area contributed by atoms with Gasteiger partial charge in [0.15, 0.2) is 23.3 Å². The smallest absolute Gasteiger partial charge is 0.164 e. The van der Waals surface area contributed by atoms with E-state index < -0.39 is 0 Å². The van der Waals surface area contributed by atoms with Crippen LogP contribution in [-0.2, 0) is 0 Å². The van der Waals surface area contributed by atoms with Crippen LogP contribution in [0.15, 0.2) is 224 Å². The van der Waals surface area contributed by atoms with Gasteiger partial charge in [0.1, 0.15) is 0 Å². The van der Waals surface area contributed by atoms with Gasteiger partial charge >= 0.3 is 0 Å². The van der Waals surface area contributed by atoms with Crippen molar-refractivity contribution in [3.63, 3.8) is 0 Å². The normalized spacial score (nSPS) is 11.0. The fourth-order valence-corrected chi connectivity index (χ4v) is 7.52. The van der Waals surface area contributed by atoms with Crippen molar-refractivity contribution in [1.82, 2.24) is 24.9 Å². The van der Waals surface area contributed by atoms with Crippen molar-refractivity contribution in [2.24, 2.45) is 0 Å². The predicted octanol–water partition coefficient (Wildman–Crippen LogP) is 13.7. The van der Waals surface area contributed by atoms with E-state index in [1.54, 1.807) is 0 Å². The molecule has 0 atom stereocenters. The van der Waals surface area contributed by atoms with Crippen molar-refractivity contribution in [2.45, 2.75) is 0 Å². The van der Waals surface area contributed by atoms with Gasteiger partial charge in [-0.2, -0.15) is 0 Å². The third-order valence-corrected chi connectivity index (χ3v) is 10.6. The number of aromatic nitrogens is 5. The van der Waals surface area contributed by atoms with Gasteiger partial charge in [0.25, 0.3) is 0 Å². The zero-order chi connectivity index (χ0) is 40.1. The standard InChI is InChI=1S/C55H37N5/c1-5-17-39(18-6-1)48-29-13-14-30-49(48)45-26-16-28-47(36-45)55-59-53(43-23-11-4-12-24-43)58-54(60-55)46-27-15-25-44(35-46)38-31-33-41(34-32-38)51-37-50(40-19-7-2-8-20-40)56-52(57-51)42-21-9-3-10-22-42/h1-37H. The molecule has 5 nitrogen and oxygen atoms in total. The second kappa shape index (κ2) is 16.4. The van der Waals surface area contributed by atoms with Crippen LogP contribution in [0.3, 0.4) is 0 Å². The largest absolute Gasteiger partial charge is 0.228 e. The van der Waals surface area contributed by atoms with Gasteiger partial charge in [0.2, 0.25) is 0 Å². The molecule has 0 unspecified atom stereocenters. The number of hydrogen-bond donors (Lipinski definition) is 0. The van der Waals surface area contributed by atoms with E-state index in [1.165, 1.54) is 11.1 Å². The average Bonchev–Trinajstić information content (AvgIpc) is 3.35. The summed E-state index contributed by atoms with van der Waals surface area (Å²) < 4.78 is 0. The molecule has 0 radical (unpaired) electrons. The zero-order valence-corrected chi connectivity index (χ0v) is 32.6. The summed E-state index contributed by atoms with van der Waals surface area (Å²) in [5, 5.41) is 0. The minimum absolute atomic E-state index is 0.607. The Balaban J connectivity index is 1.01. The molecule has 60 heavy (non-hydrogen) atoms. The van der Waals surface area contributed by atoms with Crippen molar-refractivity contribution in [3.8, 4) is 101 Å². The van der Waals surface area contributed by atoms with Crippen molar-refractivity contribution in [2.75, 3.05) is 0 Å². The third-order valence-electron chi connectivity index (χ3n) is 10.6. The Morgan fingerprint density at radius 2 is 0.517 bits per heavy atom. The minimum atomic E-state index is 0.607. The Kier molecular flexibility index (Phi) is 9.88. The van der Waals surface area contributed by atoms with Crippen molar-refractivity contribution < 1.29 is 0 Å². The lowest BCUT2D eigenvalue weighted by molar-refractivity contribution is 1.07. The SMILES string of the molecule is c1ccc(-c2cc(-c3ccc(-c4cccc(-c5nc(-c6ccccc6)nc(-c6cccc(-c7ccccc7-c7ccccc7)c6)n5)c4)cc3)nc(-c3ccccc3)n2)cc1. The monoisotopic (exact) mass is 767 g/mol. The topological polar surface area (TPSA) is 64.5 Å². The van der Waals surface area contributed by atoms with Crippen LogP contribution >= 0.6 is 0 Å². The molecule has 0 spiro atoms. The fourth-order valence-electron chi connectivity index (χ4n) is 7.52. The van der Waals surface area contributed by atoms with Gasteiger partial charge in [0.05, 0.1) is 11.4 Å². The molecule has 8 aromatic carbocycles. The Bertz CT molecular complexity index is 3000. The minimum Gasteiger partial charge on any atom is -0.228 e. The predicted molar refractivity (Wildman–Crippen MR) is 244 cm³/mol. The summed E-state index contributed by atoms with van der Waals surface area (Å²) in [6, 6.07) is 77.0. The molecule has 0 fully saturated rings. The molecular formula is C55H37N5. The van der Waals surface area contributed by atoms with Gasteiger partial charge in [0, 0.05) is 33.4 Å². The molecule has 5 heteroatoms. The van der Waals surface area contributed by atoms with Crippen LogP contribution < -0.4 is 0 Å². The van der Waals surface area contributed by atoms with Gasteiger partial charge in [-0.15, -0.1) is 0 Å². The van der Waals surface area contributed by atoms with Crippen LogP contribution in [0.4, 0.5) is 0 Å². The average molecular weight is 768 g/mol. The molecule has 0 aliphatic rings. The zero-order valence-electron chi connectivity index (χ0n) is 32.6. The van der Waals surface area contributed by atoms with E-state index in [0.29, 0.717) is 23.3 Å². The lowest BCUT2D eigenvalue weighted by Crippen LogP contribution is -2.00. The van der Waals surface area contributed by atoms with E-state index in [1.807, 2.05) is 84.9 Å². The quantitative estimate of drug-likeness (QED) is 0.146. The lowest BCUT2D eigenvalue weighted by Gasteiger charge is -2.13. The Labute approximate surface area is 349 Å². The molecule has 0 bridgehead atoms. The molecule has 0 aliphatic carbocycles. The summed E-state index contributed by atoms with van der Waals surface area (Å²) in [7, 11) is 0. The Hall–Kier alpha value is -8.15. The van der Waals surface area contributed by atoms with Crippen LogP contribution in [0.1, 0.15) is 0 Å². The summed E-state index contributed by atoms with van der Waals surface area (Å²) in [5.74, 6) is 2.53. The number of nitrogens with zero attached hydrogens (tertiary/aromatic N) is 5. The maximum Gasteiger partial charge on any atom is 0.164 e. The molecule has 2 heterocycles. The Morgan fingerprint density at radius 3 is 1.05 bits per heavy atom. The van der Waals surface area contributed by atoms with E-state index in [2.05, 4.69) is 140 Å². The summed E-state index contributed by atoms with van der Waals surface area (Å²) in [6.45, 7) is 0. The molecule has 0 amide bonds. The first-order valence-corrected chi connectivity index (χ1v) is 20.0. The van der Waals surface area contributed by atoms with Crippen molar-refractivity contribution in [1.29, 1.82) is 0 Å². The summed E-state index contributed by atoms with van der Waals surface area (Å²) in [4.78, 5) is 25.2. The van der Waals surface area contributed by atoms with Crippen LogP contribution in [0, 0.1) is 0 Å². The molecule has 0 N–H and O–H groups in total. The fraction of sp³-hybridized carbons (Fsp3) is 0. The van der Waals surface area contributed by atoms with E-state index in [9.17, 15) is 0 Å². The first-order valence-electron chi connectivity index (χ1n) is 20.0. The summed E-state index contributed by atoms with van der Waals surface area (Å²) >= 11 is 0. The molecule has 0 aliphatic heterocycles. The van der Waals surface area contributed by atoms with E-state index in [-0.39, 0.29) is 0 Å². The first-order chi connectivity index (χ1) is 29.7. The second-order valence-electron chi connectivity index (χ2n) is 14.5. The highest BCUT2D eigenvalue weighted by molar-refractivity contribution is 5.85. The highest BCUT2D eigenvalue weighted by Gasteiger charge is 2.16. The van der Waals surface area contributed by atoms with Crippen LogP contribution in [-0.4, -0.2) is 24.9 Å². The second-order valence-corrected chi connectivity index (χ2v) is 14.5. The van der Waals surface area contributed by atoms with Gasteiger partial charge in [-0.1, -0.05) is 206 Å². The highest BCUT2D eigenvalue weighted by atomic mass is 15.0. The molecule has 2 aromatic heterocycles. The first kappa shape index (κ1) is 36.2. The third kappa shape index (κ3) is 7.63. The van der Waals surface area contributed by atoms with Crippen LogP contribution in [0.2, 0.25) is 0 Å². The highest BCUT2D eigenvalue weighted by Crippen LogP contribution is 2.35. The maximum absolute atomic E-state index is 5.13. The molecular weight excluding hydrogens is 731 g/mol. The van der Waals surface area contributed by atoms with Gasteiger partial charge in [-0.05, 0) is 51.6 Å². The van der Waals surface area contributed by atoms with Crippen LogP contribution in [0.5, 0.6) is 0 Å². The van der Waals surface area contributed by atoms with E-state index in [4.69, 9.17) is 24.9 Å². The number of benzene rings is 8. The molecule has 0 saturated carbocycles. The van der Waals surface area contributed by atoms with Crippen molar-refractivity contribution in [3.05, 3.63) is 224 Å². The van der Waals surface area contributed by atoms with Gasteiger partial charge in [-0.25, -0.2) is 24.9 Å². The van der Waals surface area contributed by atoms with Gasteiger partial charge in [-0.3, -0.25) is 0 Å². The number of hydrogen-bond acceptors (Lipinski definition) is 5. The molecule has 282 valence electrons.